The van der Waals surface area contributed by atoms with Crippen molar-refractivity contribution in [2.75, 3.05) is 38.7 Å². The number of anilines is 1. The lowest BCUT2D eigenvalue weighted by Gasteiger charge is -2.26. The van der Waals surface area contributed by atoms with Crippen molar-refractivity contribution in [2.24, 2.45) is 0 Å². The molecule has 1 aliphatic heterocycles. The van der Waals surface area contributed by atoms with Crippen LogP contribution >= 0.6 is 0 Å². The normalized spacial score (nSPS) is 14.5. The highest BCUT2D eigenvalue weighted by Crippen LogP contribution is 2.27. The fourth-order valence-electron chi connectivity index (χ4n) is 3.98. The van der Waals surface area contributed by atoms with E-state index in [2.05, 4.69) is 43.6 Å². The number of benzene rings is 1. The molecule has 0 atom stereocenters. The van der Waals surface area contributed by atoms with Crippen LogP contribution in [0.3, 0.4) is 0 Å². The number of morpholine rings is 1. The number of rotatable bonds is 7. The number of ether oxygens (including phenoxy) is 2. The van der Waals surface area contributed by atoms with Crippen LogP contribution in [-0.4, -0.2) is 57.9 Å². The van der Waals surface area contributed by atoms with E-state index >= 15 is 0 Å². The SMILES string of the molecule is COc1ccccc1CNc1ccc(-c2ccc(CN3CCOCC3)nc2)c2nncn12. The molecule has 1 N–H and O–H groups in total. The van der Waals surface area contributed by atoms with Crippen LogP contribution in [0.1, 0.15) is 11.3 Å². The zero-order valence-electron chi connectivity index (χ0n) is 18.1. The number of para-hydroxylation sites is 1. The van der Waals surface area contributed by atoms with Gasteiger partial charge in [-0.1, -0.05) is 24.3 Å². The quantitative estimate of drug-likeness (QED) is 0.482. The zero-order valence-corrected chi connectivity index (χ0v) is 18.1. The highest BCUT2D eigenvalue weighted by Gasteiger charge is 2.13. The smallest absolute Gasteiger partial charge is 0.170 e. The third kappa shape index (κ3) is 4.28. The minimum absolute atomic E-state index is 0.633. The summed E-state index contributed by atoms with van der Waals surface area (Å²) in [6.07, 6.45) is 3.64. The molecule has 1 saturated heterocycles. The Bertz CT molecular complexity index is 1180. The van der Waals surface area contributed by atoms with Crippen LogP contribution in [0.2, 0.25) is 0 Å². The largest absolute Gasteiger partial charge is 0.496 e. The van der Waals surface area contributed by atoms with Gasteiger partial charge in [-0.15, -0.1) is 10.2 Å². The molecule has 0 saturated carbocycles. The van der Waals surface area contributed by atoms with Gasteiger partial charge in [0, 0.05) is 49.1 Å². The Morgan fingerprint density at radius 2 is 1.94 bits per heavy atom. The molecule has 164 valence electrons. The van der Waals surface area contributed by atoms with Gasteiger partial charge in [-0.25, -0.2) is 0 Å². The highest BCUT2D eigenvalue weighted by atomic mass is 16.5. The van der Waals surface area contributed by atoms with Crippen molar-refractivity contribution >= 4 is 11.5 Å². The molecule has 3 aromatic heterocycles. The van der Waals surface area contributed by atoms with Crippen molar-refractivity contribution in [3.05, 3.63) is 72.3 Å². The fraction of sp³-hybridized carbons (Fsp3) is 0.292. The summed E-state index contributed by atoms with van der Waals surface area (Å²) in [6.45, 7) is 4.96. The van der Waals surface area contributed by atoms with E-state index < -0.39 is 0 Å². The summed E-state index contributed by atoms with van der Waals surface area (Å²) in [7, 11) is 1.69. The van der Waals surface area contributed by atoms with Gasteiger partial charge in [0.2, 0.25) is 0 Å². The highest BCUT2D eigenvalue weighted by molar-refractivity contribution is 5.78. The molecule has 1 aromatic carbocycles. The molecule has 0 spiro atoms. The molecule has 4 heterocycles. The van der Waals surface area contributed by atoms with Gasteiger partial charge in [-0.05, 0) is 24.3 Å². The number of hydrogen-bond donors (Lipinski definition) is 1. The number of hydrogen-bond acceptors (Lipinski definition) is 7. The monoisotopic (exact) mass is 430 g/mol. The number of fused-ring (bicyclic) bond motifs is 1. The van der Waals surface area contributed by atoms with Gasteiger partial charge in [0.1, 0.15) is 17.9 Å². The summed E-state index contributed by atoms with van der Waals surface area (Å²) >= 11 is 0. The van der Waals surface area contributed by atoms with Crippen LogP contribution in [0.5, 0.6) is 5.75 Å². The summed E-state index contributed by atoms with van der Waals surface area (Å²) < 4.78 is 12.8. The zero-order chi connectivity index (χ0) is 21.8. The number of aromatic nitrogens is 4. The second-order valence-corrected chi connectivity index (χ2v) is 7.75. The lowest BCUT2D eigenvalue weighted by Crippen LogP contribution is -2.35. The number of nitrogens with zero attached hydrogens (tertiary/aromatic N) is 5. The first kappa shape index (κ1) is 20.4. The molecule has 1 aliphatic rings. The van der Waals surface area contributed by atoms with Gasteiger partial charge in [0.05, 0.1) is 26.0 Å². The van der Waals surface area contributed by atoms with Crippen LogP contribution in [0.25, 0.3) is 16.8 Å². The third-order valence-electron chi connectivity index (χ3n) is 5.73. The van der Waals surface area contributed by atoms with Crippen molar-refractivity contribution in [1.82, 2.24) is 24.5 Å². The molecular weight excluding hydrogens is 404 g/mol. The van der Waals surface area contributed by atoms with Crippen LogP contribution in [0.15, 0.2) is 61.1 Å². The number of methoxy groups -OCH3 is 1. The van der Waals surface area contributed by atoms with E-state index in [4.69, 9.17) is 9.47 Å². The molecule has 8 heteroatoms. The first-order chi connectivity index (χ1) is 15.8. The summed E-state index contributed by atoms with van der Waals surface area (Å²) in [5.74, 6) is 1.77. The van der Waals surface area contributed by atoms with Gasteiger partial charge in [-0.3, -0.25) is 14.3 Å². The molecule has 8 nitrogen and oxygen atoms in total. The Hall–Kier alpha value is -3.49. The average Bonchev–Trinajstić information content (AvgIpc) is 3.34. The van der Waals surface area contributed by atoms with E-state index in [-0.39, 0.29) is 0 Å². The minimum atomic E-state index is 0.633. The van der Waals surface area contributed by atoms with Gasteiger partial charge in [0.15, 0.2) is 5.65 Å². The van der Waals surface area contributed by atoms with E-state index in [1.807, 2.05) is 40.9 Å². The van der Waals surface area contributed by atoms with Crippen LogP contribution in [-0.2, 0) is 17.8 Å². The van der Waals surface area contributed by atoms with Gasteiger partial charge < -0.3 is 14.8 Å². The molecule has 0 aliphatic carbocycles. The third-order valence-corrected chi connectivity index (χ3v) is 5.73. The predicted molar refractivity (Wildman–Crippen MR) is 123 cm³/mol. The molecular formula is C24H26N6O2. The van der Waals surface area contributed by atoms with Gasteiger partial charge in [0.25, 0.3) is 0 Å². The summed E-state index contributed by atoms with van der Waals surface area (Å²) in [5, 5.41) is 12.0. The molecule has 0 unspecified atom stereocenters. The first-order valence-corrected chi connectivity index (χ1v) is 10.8. The number of pyridine rings is 2. The predicted octanol–water partition coefficient (Wildman–Crippen LogP) is 3.24. The lowest BCUT2D eigenvalue weighted by molar-refractivity contribution is 0.0336. The summed E-state index contributed by atoms with van der Waals surface area (Å²) in [4.78, 5) is 7.05. The minimum Gasteiger partial charge on any atom is -0.496 e. The Labute approximate surface area is 186 Å². The van der Waals surface area contributed by atoms with E-state index in [1.165, 1.54) is 0 Å². The van der Waals surface area contributed by atoms with E-state index in [1.54, 1.807) is 13.4 Å². The second-order valence-electron chi connectivity index (χ2n) is 7.75. The summed E-state index contributed by atoms with van der Waals surface area (Å²) in [6, 6.07) is 16.3. The maximum atomic E-state index is 5.45. The maximum Gasteiger partial charge on any atom is 0.170 e. The lowest BCUT2D eigenvalue weighted by atomic mass is 10.1. The molecule has 5 rings (SSSR count). The summed E-state index contributed by atoms with van der Waals surface area (Å²) in [5.41, 5.74) is 4.95. The Morgan fingerprint density at radius 3 is 2.75 bits per heavy atom. The van der Waals surface area contributed by atoms with Crippen molar-refractivity contribution in [3.8, 4) is 16.9 Å². The van der Waals surface area contributed by atoms with Crippen LogP contribution in [0.4, 0.5) is 5.82 Å². The Morgan fingerprint density at radius 1 is 1.06 bits per heavy atom. The maximum absolute atomic E-state index is 5.45. The topological polar surface area (TPSA) is 76.8 Å². The van der Waals surface area contributed by atoms with E-state index in [0.29, 0.717) is 6.54 Å². The molecule has 4 aromatic rings. The standard InChI is InChI=1S/C24H26N6O2/c1-31-22-5-3-2-4-19(22)15-26-23-9-8-21(24-28-27-17-30(23)24)18-6-7-20(25-14-18)16-29-10-12-32-13-11-29/h2-9,14,17,26H,10-13,15-16H2,1H3. The second kappa shape index (κ2) is 9.33. The average molecular weight is 431 g/mol. The molecule has 0 radical (unpaired) electrons. The molecule has 32 heavy (non-hydrogen) atoms. The first-order valence-electron chi connectivity index (χ1n) is 10.8. The molecule has 1 fully saturated rings. The van der Waals surface area contributed by atoms with Crippen molar-refractivity contribution < 1.29 is 9.47 Å². The fourth-order valence-corrected chi connectivity index (χ4v) is 3.98. The van der Waals surface area contributed by atoms with Gasteiger partial charge >= 0.3 is 0 Å². The number of nitrogens with one attached hydrogen (secondary N) is 1. The van der Waals surface area contributed by atoms with Crippen molar-refractivity contribution in [3.63, 3.8) is 0 Å². The van der Waals surface area contributed by atoms with Crippen molar-refractivity contribution in [2.45, 2.75) is 13.1 Å². The van der Waals surface area contributed by atoms with Crippen LogP contribution < -0.4 is 10.1 Å². The van der Waals surface area contributed by atoms with Crippen molar-refractivity contribution in [1.29, 1.82) is 0 Å². The molecule has 0 amide bonds. The van der Waals surface area contributed by atoms with Crippen LogP contribution in [0, 0.1) is 0 Å². The molecule has 0 bridgehead atoms. The Kier molecular flexibility index (Phi) is 5.96. The van der Waals surface area contributed by atoms with E-state index in [9.17, 15) is 0 Å². The van der Waals surface area contributed by atoms with Gasteiger partial charge in [-0.2, -0.15) is 0 Å². The Balaban J connectivity index is 1.35. The van der Waals surface area contributed by atoms with E-state index in [0.717, 1.165) is 72.4 Å².